The lowest BCUT2D eigenvalue weighted by Gasteiger charge is -2.17. The van der Waals surface area contributed by atoms with Gasteiger partial charge in [-0.1, -0.05) is 0 Å². The summed E-state index contributed by atoms with van der Waals surface area (Å²) in [6.07, 6.45) is 4.81. The SMILES string of the molecule is CC(Nc1nc(C(=O)N2CCCC2)c2sccc2n1)c1cncc(F)c1. The highest BCUT2D eigenvalue weighted by molar-refractivity contribution is 7.17. The molecule has 0 aromatic carbocycles. The summed E-state index contributed by atoms with van der Waals surface area (Å²) in [7, 11) is 0. The molecule has 26 heavy (non-hydrogen) atoms. The number of fused-ring (bicyclic) bond motifs is 1. The Morgan fingerprint density at radius 2 is 2.12 bits per heavy atom. The van der Waals surface area contributed by atoms with Gasteiger partial charge in [-0.15, -0.1) is 11.3 Å². The molecule has 1 aliphatic heterocycles. The Bertz CT molecular complexity index is 954. The molecule has 1 unspecified atom stereocenters. The molecule has 8 heteroatoms. The predicted octanol–water partition coefficient (Wildman–Crippen LogP) is 3.63. The zero-order chi connectivity index (χ0) is 18.1. The van der Waals surface area contributed by atoms with E-state index in [1.165, 1.54) is 17.4 Å². The number of thiophene rings is 1. The zero-order valence-corrected chi connectivity index (χ0v) is 15.1. The van der Waals surface area contributed by atoms with Crippen molar-refractivity contribution in [3.05, 3.63) is 47.0 Å². The smallest absolute Gasteiger partial charge is 0.274 e. The van der Waals surface area contributed by atoms with Gasteiger partial charge in [0.25, 0.3) is 5.91 Å². The number of rotatable bonds is 4. The molecule has 134 valence electrons. The van der Waals surface area contributed by atoms with Gasteiger partial charge in [0.1, 0.15) is 5.82 Å². The molecule has 1 fully saturated rings. The molecule has 1 atom stereocenters. The van der Waals surface area contributed by atoms with Gasteiger partial charge in [-0.2, -0.15) is 0 Å². The number of hydrogen-bond acceptors (Lipinski definition) is 6. The number of amides is 1. The summed E-state index contributed by atoms with van der Waals surface area (Å²) >= 11 is 1.47. The summed E-state index contributed by atoms with van der Waals surface area (Å²) in [5.74, 6) is -0.0917. The summed E-state index contributed by atoms with van der Waals surface area (Å²) in [5, 5.41) is 5.06. The molecule has 4 rings (SSSR count). The first-order chi connectivity index (χ1) is 12.6. The van der Waals surface area contributed by atoms with Gasteiger partial charge in [0.2, 0.25) is 5.95 Å². The Hall–Kier alpha value is -2.61. The largest absolute Gasteiger partial charge is 0.348 e. The van der Waals surface area contributed by atoms with Gasteiger partial charge in [0.05, 0.1) is 22.5 Å². The average molecular weight is 371 g/mol. The van der Waals surface area contributed by atoms with Crippen molar-refractivity contribution in [3.63, 3.8) is 0 Å². The van der Waals surface area contributed by atoms with E-state index in [1.54, 1.807) is 6.20 Å². The van der Waals surface area contributed by atoms with Gasteiger partial charge in [-0.3, -0.25) is 9.78 Å². The minimum Gasteiger partial charge on any atom is -0.348 e. The van der Waals surface area contributed by atoms with E-state index in [9.17, 15) is 9.18 Å². The van der Waals surface area contributed by atoms with Crippen molar-refractivity contribution >= 4 is 33.4 Å². The summed E-state index contributed by atoms with van der Waals surface area (Å²) in [6.45, 7) is 3.41. The molecule has 1 saturated heterocycles. The molecule has 1 N–H and O–H groups in total. The van der Waals surface area contributed by atoms with Gasteiger partial charge in [-0.25, -0.2) is 14.4 Å². The van der Waals surface area contributed by atoms with Crippen molar-refractivity contribution in [3.8, 4) is 0 Å². The molecule has 4 heterocycles. The summed E-state index contributed by atoms with van der Waals surface area (Å²) in [6, 6.07) is 3.05. The van der Waals surface area contributed by atoms with Gasteiger partial charge in [0, 0.05) is 19.3 Å². The van der Waals surface area contributed by atoms with Crippen LogP contribution in [0.25, 0.3) is 10.2 Å². The number of carbonyl (C=O) groups excluding carboxylic acids is 1. The molecule has 0 bridgehead atoms. The first-order valence-corrected chi connectivity index (χ1v) is 9.41. The zero-order valence-electron chi connectivity index (χ0n) is 14.3. The van der Waals surface area contributed by atoms with E-state index in [2.05, 4.69) is 20.3 Å². The molecule has 0 spiro atoms. The monoisotopic (exact) mass is 371 g/mol. The number of nitrogens with zero attached hydrogens (tertiary/aromatic N) is 4. The maximum Gasteiger partial charge on any atom is 0.274 e. The van der Waals surface area contributed by atoms with Crippen LogP contribution in [0, 0.1) is 5.82 Å². The second-order valence-electron chi connectivity index (χ2n) is 6.33. The first kappa shape index (κ1) is 16.8. The lowest BCUT2D eigenvalue weighted by molar-refractivity contribution is 0.0789. The van der Waals surface area contributed by atoms with E-state index in [0.29, 0.717) is 17.2 Å². The molecule has 3 aromatic heterocycles. The van der Waals surface area contributed by atoms with Crippen LogP contribution in [0.1, 0.15) is 41.9 Å². The number of nitrogens with one attached hydrogen (secondary N) is 1. The normalized spacial score (nSPS) is 15.4. The highest BCUT2D eigenvalue weighted by Crippen LogP contribution is 2.27. The Morgan fingerprint density at radius 1 is 1.31 bits per heavy atom. The predicted molar refractivity (Wildman–Crippen MR) is 98.8 cm³/mol. The van der Waals surface area contributed by atoms with E-state index < -0.39 is 5.82 Å². The van der Waals surface area contributed by atoms with Crippen LogP contribution in [-0.2, 0) is 0 Å². The van der Waals surface area contributed by atoms with Crippen LogP contribution in [0.2, 0.25) is 0 Å². The molecule has 0 aliphatic carbocycles. The average Bonchev–Trinajstić information content (AvgIpc) is 3.32. The van der Waals surface area contributed by atoms with Crippen LogP contribution in [0.15, 0.2) is 29.9 Å². The Balaban J connectivity index is 1.66. The van der Waals surface area contributed by atoms with Gasteiger partial charge >= 0.3 is 0 Å². The van der Waals surface area contributed by atoms with Crippen molar-refractivity contribution < 1.29 is 9.18 Å². The number of pyridine rings is 1. The molecule has 1 aliphatic rings. The number of halogens is 1. The second kappa shape index (κ2) is 6.95. The lowest BCUT2D eigenvalue weighted by Crippen LogP contribution is -2.28. The number of anilines is 1. The molecule has 0 saturated carbocycles. The Kier molecular flexibility index (Phi) is 4.50. The van der Waals surface area contributed by atoms with Crippen LogP contribution in [0.3, 0.4) is 0 Å². The highest BCUT2D eigenvalue weighted by atomic mass is 32.1. The molecule has 1 amide bonds. The molecule has 3 aromatic rings. The maximum absolute atomic E-state index is 13.4. The Labute approximate surface area is 154 Å². The first-order valence-electron chi connectivity index (χ1n) is 8.53. The fourth-order valence-corrected chi connectivity index (χ4v) is 3.90. The number of aromatic nitrogens is 3. The van der Waals surface area contributed by atoms with Crippen LogP contribution in [-0.4, -0.2) is 38.8 Å². The van der Waals surface area contributed by atoms with Crippen LogP contribution < -0.4 is 5.32 Å². The topological polar surface area (TPSA) is 71.0 Å². The standard InChI is InChI=1S/C18H18FN5OS/c1-11(12-8-13(19)10-20-9-12)21-18-22-14-4-7-26-16(14)15(23-18)17(25)24-5-2-3-6-24/h4,7-11H,2-3,5-6H2,1H3,(H,21,22,23). The van der Waals surface area contributed by atoms with Crippen molar-refractivity contribution in [1.82, 2.24) is 19.9 Å². The number of hydrogen-bond donors (Lipinski definition) is 1. The van der Waals surface area contributed by atoms with E-state index in [1.807, 2.05) is 23.3 Å². The Morgan fingerprint density at radius 3 is 2.88 bits per heavy atom. The number of likely N-dealkylation sites (tertiary alicyclic amines) is 1. The maximum atomic E-state index is 13.4. The fourth-order valence-electron chi connectivity index (χ4n) is 3.09. The van der Waals surface area contributed by atoms with Gasteiger partial charge < -0.3 is 10.2 Å². The minimum atomic E-state index is -0.393. The quantitative estimate of drug-likeness (QED) is 0.758. The third kappa shape index (κ3) is 3.24. The van der Waals surface area contributed by atoms with E-state index >= 15 is 0 Å². The molecular formula is C18H18FN5OS. The fraction of sp³-hybridized carbons (Fsp3) is 0.333. The van der Waals surface area contributed by atoms with Crippen molar-refractivity contribution in [2.24, 2.45) is 0 Å². The van der Waals surface area contributed by atoms with Crippen LogP contribution in [0.4, 0.5) is 10.3 Å². The lowest BCUT2D eigenvalue weighted by atomic mass is 10.1. The number of carbonyl (C=O) groups is 1. The molecule has 6 nitrogen and oxygen atoms in total. The van der Waals surface area contributed by atoms with E-state index in [4.69, 9.17) is 0 Å². The van der Waals surface area contributed by atoms with Crippen molar-refractivity contribution in [2.45, 2.75) is 25.8 Å². The van der Waals surface area contributed by atoms with Gasteiger partial charge in [0.15, 0.2) is 5.69 Å². The van der Waals surface area contributed by atoms with Gasteiger partial charge in [-0.05, 0) is 42.8 Å². The summed E-state index contributed by atoms with van der Waals surface area (Å²) in [4.78, 5) is 27.6. The van der Waals surface area contributed by atoms with E-state index in [0.717, 1.165) is 42.3 Å². The second-order valence-corrected chi connectivity index (χ2v) is 7.25. The van der Waals surface area contributed by atoms with E-state index in [-0.39, 0.29) is 11.9 Å². The molecular weight excluding hydrogens is 353 g/mol. The summed E-state index contributed by atoms with van der Waals surface area (Å²) in [5.41, 5.74) is 1.85. The third-order valence-electron chi connectivity index (χ3n) is 4.47. The molecule has 0 radical (unpaired) electrons. The summed E-state index contributed by atoms with van der Waals surface area (Å²) < 4.78 is 14.2. The van der Waals surface area contributed by atoms with Crippen LogP contribution >= 0.6 is 11.3 Å². The highest BCUT2D eigenvalue weighted by Gasteiger charge is 2.24. The van der Waals surface area contributed by atoms with Crippen molar-refractivity contribution in [2.75, 3.05) is 18.4 Å². The minimum absolute atomic E-state index is 0.0551. The van der Waals surface area contributed by atoms with Crippen molar-refractivity contribution in [1.29, 1.82) is 0 Å². The third-order valence-corrected chi connectivity index (χ3v) is 5.38. The van der Waals surface area contributed by atoms with Crippen LogP contribution in [0.5, 0.6) is 0 Å².